The zero-order chi connectivity index (χ0) is 13.3. The lowest BCUT2D eigenvalue weighted by atomic mass is 9.90. The monoisotopic (exact) mass is 269 g/mol. The van der Waals surface area contributed by atoms with Crippen LogP contribution in [0.2, 0.25) is 5.02 Å². The van der Waals surface area contributed by atoms with Gasteiger partial charge in [0.15, 0.2) is 5.60 Å². The van der Waals surface area contributed by atoms with Gasteiger partial charge in [0.2, 0.25) is 0 Å². The Morgan fingerprint density at radius 2 is 2.28 bits per heavy atom. The van der Waals surface area contributed by atoms with Crippen molar-refractivity contribution in [2.45, 2.75) is 18.4 Å². The van der Waals surface area contributed by atoms with Crippen LogP contribution in [0, 0.1) is 0 Å². The number of carbonyl (C=O) groups excluding carboxylic acids is 2. The standard InChI is InChI=1S/C12H12ClNO4/c1-18-10(15)4-5-12(17)8-3-2-7(13)6-9(8)14-11(12)16/h2-3,6,17H,4-5H2,1H3,(H,14,16). The number of ether oxygens (including phenoxy) is 1. The maximum atomic E-state index is 11.8. The van der Waals surface area contributed by atoms with Crippen molar-refractivity contribution in [1.82, 2.24) is 0 Å². The fourth-order valence-corrected chi connectivity index (χ4v) is 2.13. The smallest absolute Gasteiger partial charge is 0.305 e. The predicted molar refractivity (Wildman–Crippen MR) is 65.2 cm³/mol. The molecule has 1 aromatic rings. The van der Waals surface area contributed by atoms with Gasteiger partial charge in [0.25, 0.3) is 5.91 Å². The molecule has 1 aliphatic rings. The largest absolute Gasteiger partial charge is 0.469 e. The maximum Gasteiger partial charge on any atom is 0.305 e. The van der Waals surface area contributed by atoms with Crippen molar-refractivity contribution >= 4 is 29.2 Å². The molecule has 1 atom stereocenters. The lowest BCUT2D eigenvalue weighted by Crippen LogP contribution is -2.34. The molecule has 0 radical (unpaired) electrons. The lowest BCUT2D eigenvalue weighted by Gasteiger charge is -2.19. The number of amides is 1. The molecule has 0 saturated heterocycles. The lowest BCUT2D eigenvalue weighted by molar-refractivity contribution is -0.144. The minimum atomic E-state index is -1.70. The third-order valence-corrected chi connectivity index (χ3v) is 3.20. The number of hydrogen-bond donors (Lipinski definition) is 2. The molecule has 0 bridgehead atoms. The van der Waals surface area contributed by atoms with Gasteiger partial charge >= 0.3 is 5.97 Å². The highest BCUT2D eigenvalue weighted by Gasteiger charge is 2.45. The van der Waals surface area contributed by atoms with Crippen LogP contribution in [-0.2, 0) is 19.9 Å². The van der Waals surface area contributed by atoms with Crippen molar-refractivity contribution in [3.8, 4) is 0 Å². The van der Waals surface area contributed by atoms with Crippen LogP contribution in [0.15, 0.2) is 18.2 Å². The molecule has 0 aliphatic carbocycles. The van der Waals surface area contributed by atoms with Gasteiger partial charge in [0.1, 0.15) is 0 Å². The Labute approximate surface area is 109 Å². The van der Waals surface area contributed by atoms with E-state index in [0.717, 1.165) is 0 Å². The first-order valence-corrected chi connectivity index (χ1v) is 5.76. The number of methoxy groups -OCH3 is 1. The van der Waals surface area contributed by atoms with Gasteiger partial charge in [-0.15, -0.1) is 0 Å². The third kappa shape index (κ3) is 2.07. The Kier molecular flexibility index (Phi) is 3.28. The first-order valence-electron chi connectivity index (χ1n) is 5.38. The van der Waals surface area contributed by atoms with E-state index in [1.165, 1.54) is 7.11 Å². The van der Waals surface area contributed by atoms with Crippen LogP contribution in [0.4, 0.5) is 5.69 Å². The van der Waals surface area contributed by atoms with Gasteiger partial charge in [0, 0.05) is 22.7 Å². The number of anilines is 1. The highest BCUT2D eigenvalue weighted by atomic mass is 35.5. The fraction of sp³-hybridized carbons (Fsp3) is 0.333. The van der Waals surface area contributed by atoms with Crippen LogP contribution in [0.3, 0.4) is 0 Å². The summed E-state index contributed by atoms with van der Waals surface area (Å²) in [5.74, 6) is -1.03. The molecule has 1 unspecified atom stereocenters. The molecule has 0 spiro atoms. The number of carbonyl (C=O) groups is 2. The van der Waals surface area contributed by atoms with Gasteiger partial charge in [-0.2, -0.15) is 0 Å². The number of hydrogen-bond acceptors (Lipinski definition) is 4. The summed E-state index contributed by atoms with van der Waals surface area (Å²) in [4.78, 5) is 22.9. The maximum absolute atomic E-state index is 11.8. The van der Waals surface area contributed by atoms with Crippen molar-refractivity contribution < 1.29 is 19.4 Å². The number of esters is 1. The number of aliphatic hydroxyl groups is 1. The van der Waals surface area contributed by atoms with E-state index in [9.17, 15) is 14.7 Å². The van der Waals surface area contributed by atoms with Gasteiger partial charge in [-0.25, -0.2) is 0 Å². The van der Waals surface area contributed by atoms with E-state index in [2.05, 4.69) is 10.1 Å². The van der Waals surface area contributed by atoms with Crippen LogP contribution in [-0.4, -0.2) is 24.1 Å². The Bertz CT molecular complexity index is 517. The van der Waals surface area contributed by atoms with Crippen LogP contribution >= 0.6 is 11.6 Å². The summed E-state index contributed by atoms with van der Waals surface area (Å²) >= 11 is 5.81. The molecule has 18 heavy (non-hydrogen) atoms. The first-order chi connectivity index (χ1) is 8.47. The zero-order valence-corrected chi connectivity index (χ0v) is 10.5. The van der Waals surface area contributed by atoms with Crippen molar-refractivity contribution in [3.63, 3.8) is 0 Å². The number of nitrogens with one attached hydrogen (secondary N) is 1. The van der Waals surface area contributed by atoms with E-state index in [4.69, 9.17) is 11.6 Å². The number of halogens is 1. The van der Waals surface area contributed by atoms with E-state index in [1.54, 1.807) is 18.2 Å². The normalized spacial score (nSPS) is 21.4. The molecule has 0 fully saturated rings. The summed E-state index contributed by atoms with van der Waals surface area (Å²) in [6.45, 7) is 0. The minimum absolute atomic E-state index is 0.0276. The highest BCUT2D eigenvalue weighted by Crippen LogP contribution is 2.40. The zero-order valence-electron chi connectivity index (χ0n) is 9.70. The summed E-state index contributed by atoms with van der Waals surface area (Å²) in [6, 6.07) is 4.72. The number of rotatable bonds is 3. The van der Waals surface area contributed by atoms with Crippen molar-refractivity contribution in [1.29, 1.82) is 0 Å². The van der Waals surface area contributed by atoms with Gasteiger partial charge in [-0.1, -0.05) is 17.7 Å². The first kappa shape index (κ1) is 12.9. The molecule has 1 aliphatic heterocycles. The van der Waals surface area contributed by atoms with Crippen LogP contribution < -0.4 is 5.32 Å². The van der Waals surface area contributed by atoms with Gasteiger partial charge in [-0.05, 0) is 18.6 Å². The average Bonchev–Trinajstić information content (AvgIpc) is 2.58. The molecule has 0 aromatic heterocycles. The summed E-state index contributed by atoms with van der Waals surface area (Å²) in [5.41, 5.74) is -0.797. The number of benzene rings is 1. The molecular formula is C12H12ClNO4. The van der Waals surface area contributed by atoms with E-state index in [1.807, 2.05) is 0 Å². The summed E-state index contributed by atoms with van der Waals surface area (Å²) in [5, 5.41) is 13.4. The van der Waals surface area contributed by atoms with E-state index >= 15 is 0 Å². The summed E-state index contributed by atoms with van der Waals surface area (Å²) in [6.07, 6.45) is -0.0668. The van der Waals surface area contributed by atoms with Crippen molar-refractivity contribution in [3.05, 3.63) is 28.8 Å². The van der Waals surface area contributed by atoms with E-state index < -0.39 is 17.5 Å². The topological polar surface area (TPSA) is 75.6 Å². The quantitative estimate of drug-likeness (QED) is 0.814. The SMILES string of the molecule is COC(=O)CCC1(O)C(=O)Nc2cc(Cl)ccc21. The molecule has 0 saturated carbocycles. The molecule has 1 amide bonds. The predicted octanol–water partition coefficient (Wildman–Crippen LogP) is 1.43. The molecular weight excluding hydrogens is 258 g/mol. The molecule has 2 rings (SSSR count). The molecule has 6 heteroatoms. The number of fused-ring (bicyclic) bond motifs is 1. The van der Waals surface area contributed by atoms with Gasteiger partial charge < -0.3 is 15.2 Å². The van der Waals surface area contributed by atoms with E-state index in [0.29, 0.717) is 16.3 Å². The second kappa shape index (κ2) is 4.59. The molecule has 96 valence electrons. The van der Waals surface area contributed by atoms with Crippen molar-refractivity contribution in [2.75, 3.05) is 12.4 Å². The molecule has 1 aromatic carbocycles. The van der Waals surface area contributed by atoms with Crippen LogP contribution in [0.25, 0.3) is 0 Å². The van der Waals surface area contributed by atoms with Crippen molar-refractivity contribution in [2.24, 2.45) is 0 Å². The fourth-order valence-electron chi connectivity index (χ4n) is 1.96. The Balaban J connectivity index is 2.28. The van der Waals surface area contributed by atoms with Crippen LogP contribution in [0.1, 0.15) is 18.4 Å². The third-order valence-electron chi connectivity index (χ3n) is 2.97. The second-order valence-electron chi connectivity index (χ2n) is 4.08. The minimum Gasteiger partial charge on any atom is -0.469 e. The second-order valence-corrected chi connectivity index (χ2v) is 4.52. The average molecular weight is 270 g/mol. The Morgan fingerprint density at radius 1 is 1.56 bits per heavy atom. The highest BCUT2D eigenvalue weighted by molar-refractivity contribution is 6.31. The Hall–Kier alpha value is -1.59. The molecule has 2 N–H and O–H groups in total. The summed E-state index contributed by atoms with van der Waals surface area (Å²) in [7, 11) is 1.26. The molecule has 5 nitrogen and oxygen atoms in total. The van der Waals surface area contributed by atoms with Gasteiger partial charge in [0.05, 0.1) is 7.11 Å². The van der Waals surface area contributed by atoms with E-state index in [-0.39, 0.29) is 12.8 Å². The van der Waals surface area contributed by atoms with Crippen LogP contribution in [0.5, 0.6) is 0 Å². The Morgan fingerprint density at radius 3 is 2.94 bits per heavy atom. The summed E-state index contributed by atoms with van der Waals surface area (Å²) < 4.78 is 4.49. The molecule has 1 heterocycles. The van der Waals surface area contributed by atoms with Gasteiger partial charge in [-0.3, -0.25) is 9.59 Å².